The van der Waals surface area contributed by atoms with E-state index >= 15 is 0 Å². The van der Waals surface area contributed by atoms with Gasteiger partial charge in [-0.05, 0) is 32.4 Å². The first kappa shape index (κ1) is 14.2. The molecule has 112 valence electrons. The number of aliphatic imine (C=N–C) groups is 1. The van der Waals surface area contributed by atoms with Crippen LogP contribution in [0.1, 0.15) is 38.7 Å². The molecule has 0 saturated carbocycles. The topological polar surface area (TPSA) is 30.8 Å². The number of ether oxygens (including phenoxy) is 2. The summed E-state index contributed by atoms with van der Waals surface area (Å²) >= 11 is 0. The van der Waals surface area contributed by atoms with Crippen LogP contribution in [0.3, 0.4) is 0 Å². The molecule has 3 heteroatoms. The highest BCUT2D eigenvalue weighted by Crippen LogP contribution is 2.50. The second-order valence-corrected chi connectivity index (χ2v) is 6.84. The summed E-state index contributed by atoms with van der Waals surface area (Å²) in [5.41, 5.74) is 0.985. The van der Waals surface area contributed by atoms with Gasteiger partial charge in [0.25, 0.3) is 0 Å². The van der Waals surface area contributed by atoms with Crippen molar-refractivity contribution in [1.29, 1.82) is 0 Å². The van der Waals surface area contributed by atoms with Crippen molar-refractivity contribution in [2.75, 3.05) is 13.7 Å². The van der Waals surface area contributed by atoms with E-state index in [9.17, 15) is 0 Å². The molecule has 1 aliphatic heterocycles. The lowest BCUT2D eigenvalue weighted by molar-refractivity contribution is 0.224. The molecule has 21 heavy (non-hydrogen) atoms. The highest BCUT2D eigenvalue weighted by molar-refractivity contribution is 5.86. The maximum absolute atomic E-state index is 5.96. The van der Waals surface area contributed by atoms with E-state index in [2.05, 4.69) is 51.1 Å². The summed E-state index contributed by atoms with van der Waals surface area (Å²) < 4.78 is 11.5. The van der Waals surface area contributed by atoms with Gasteiger partial charge in [-0.3, -0.25) is 0 Å². The second-order valence-electron chi connectivity index (χ2n) is 6.84. The van der Waals surface area contributed by atoms with Crippen LogP contribution >= 0.6 is 0 Å². The van der Waals surface area contributed by atoms with Crippen LogP contribution in [0.2, 0.25) is 0 Å². The smallest absolute Gasteiger partial charge is 0.191 e. The van der Waals surface area contributed by atoms with Crippen LogP contribution in [0.15, 0.2) is 47.2 Å². The maximum Gasteiger partial charge on any atom is 0.191 e. The van der Waals surface area contributed by atoms with Crippen LogP contribution in [0, 0.1) is 5.41 Å². The molecule has 0 spiro atoms. The van der Waals surface area contributed by atoms with Gasteiger partial charge in [-0.1, -0.05) is 30.3 Å². The summed E-state index contributed by atoms with van der Waals surface area (Å²) in [6, 6.07) is 10.5. The highest BCUT2D eigenvalue weighted by Gasteiger charge is 2.48. The third kappa shape index (κ3) is 2.45. The van der Waals surface area contributed by atoms with E-state index in [0.29, 0.717) is 6.61 Å². The Labute approximate surface area is 126 Å². The Bertz CT molecular complexity index is 588. The van der Waals surface area contributed by atoms with Crippen molar-refractivity contribution < 1.29 is 9.47 Å². The Morgan fingerprint density at radius 2 is 1.90 bits per heavy atom. The molecule has 0 bridgehead atoms. The predicted octanol–water partition coefficient (Wildman–Crippen LogP) is 3.92. The number of rotatable bonds is 3. The van der Waals surface area contributed by atoms with E-state index in [1.807, 2.05) is 6.07 Å². The van der Waals surface area contributed by atoms with Crippen LogP contribution in [0.4, 0.5) is 0 Å². The SMILES string of the molecule is COC1=C[C@H](c2ccccc2)[C@@](C)(C2=NC(C)(C)CO2)C1. The van der Waals surface area contributed by atoms with E-state index in [1.54, 1.807) is 7.11 Å². The molecule has 1 aromatic carbocycles. The minimum absolute atomic E-state index is 0.130. The average Bonchev–Trinajstić information content (AvgIpc) is 3.01. The molecular weight excluding hydrogens is 262 g/mol. The lowest BCUT2D eigenvalue weighted by Crippen LogP contribution is -2.31. The fourth-order valence-electron chi connectivity index (χ4n) is 3.25. The van der Waals surface area contributed by atoms with E-state index < -0.39 is 0 Å². The van der Waals surface area contributed by atoms with Crippen LogP contribution < -0.4 is 0 Å². The third-order valence-corrected chi connectivity index (χ3v) is 4.46. The first-order chi connectivity index (χ1) is 9.94. The summed E-state index contributed by atoms with van der Waals surface area (Å²) in [5, 5.41) is 0. The van der Waals surface area contributed by atoms with E-state index in [1.165, 1.54) is 5.56 Å². The number of benzene rings is 1. The minimum Gasteiger partial charge on any atom is -0.501 e. The molecule has 0 N–H and O–H groups in total. The van der Waals surface area contributed by atoms with Gasteiger partial charge in [0, 0.05) is 12.3 Å². The number of nitrogens with zero attached hydrogens (tertiary/aromatic N) is 1. The molecule has 0 aromatic heterocycles. The minimum atomic E-state index is -0.166. The fourth-order valence-corrected chi connectivity index (χ4v) is 3.25. The third-order valence-electron chi connectivity index (χ3n) is 4.46. The first-order valence-electron chi connectivity index (χ1n) is 7.47. The van der Waals surface area contributed by atoms with Crippen molar-refractivity contribution in [2.45, 2.75) is 38.6 Å². The molecule has 3 rings (SSSR count). The average molecular weight is 285 g/mol. The first-order valence-corrected chi connectivity index (χ1v) is 7.47. The molecule has 2 aliphatic rings. The normalized spacial score (nSPS) is 30.6. The van der Waals surface area contributed by atoms with Gasteiger partial charge < -0.3 is 9.47 Å². The quantitative estimate of drug-likeness (QED) is 0.843. The number of methoxy groups -OCH3 is 1. The van der Waals surface area contributed by atoms with Gasteiger partial charge in [-0.15, -0.1) is 0 Å². The molecule has 1 aromatic rings. The molecule has 1 aliphatic carbocycles. The van der Waals surface area contributed by atoms with Gasteiger partial charge in [0.15, 0.2) is 5.90 Å². The highest BCUT2D eigenvalue weighted by atomic mass is 16.5. The van der Waals surface area contributed by atoms with Crippen molar-refractivity contribution in [1.82, 2.24) is 0 Å². The van der Waals surface area contributed by atoms with Crippen molar-refractivity contribution in [3.05, 3.63) is 47.7 Å². The van der Waals surface area contributed by atoms with Crippen molar-refractivity contribution in [3.63, 3.8) is 0 Å². The Morgan fingerprint density at radius 1 is 1.19 bits per heavy atom. The standard InChI is InChI=1S/C18H23NO2/c1-17(2)12-21-16(19-17)18(3)11-14(20-4)10-15(18)13-8-6-5-7-9-13/h5-10,15H,11-12H2,1-4H3/t15-,18+/m1/s1. The van der Waals surface area contributed by atoms with Crippen LogP contribution in [0.25, 0.3) is 0 Å². The monoisotopic (exact) mass is 285 g/mol. The van der Waals surface area contributed by atoms with Gasteiger partial charge in [-0.2, -0.15) is 0 Å². The van der Waals surface area contributed by atoms with Gasteiger partial charge >= 0.3 is 0 Å². The van der Waals surface area contributed by atoms with Gasteiger partial charge in [-0.25, -0.2) is 4.99 Å². The lowest BCUT2D eigenvalue weighted by Gasteiger charge is -2.30. The molecule has 0 radical (unpaired) electrons. The second kappa shape index (κ2) is 4.90. The van der Waals surface area contributed by atoms with Crippen LogP contribution in [-0.2, 0) is 9.47 Å². The molecule has 0 amide bonds. The van der Waals surface area contributed by atoms with Crippen LogP contribution in [0.5, 0.6) is 0 Å². The molecule has 0 saturated heterocycles. The molecular formula is C18H23NO2. The Kier molecular flexibility index (Phi) is 3.31. The number of allylic oxidation sites excluding steroid dienone is 2. The molecule has 0 unspecified atom stereocenters. The van der Waals surface area contributed by atoms with Gasteiger partial charge in [0.05, 0.1) is 23.8 Å². The van der Waals surface area contributed by atoms with Crippen molar-refractivity contribution in [3.8, 4) is 0 Å². The Hall–Kier alpha value is -1.77. The Balaban J connectivity index is 2.01. The zero-order valence-electron chi connectivity index (χ0n) is 13.2. The largest absolute Gasteiger partial charge is 0.501 e. The van der Waals surface area contributed by atoms with Crippen molar-refractivity contribution >= 4 is 5.90 Å². The predicted molar refractivity (Wildman–Crippen MR) is 84.5 cm³/mol. The van der Waals surface area contributed by atoms with E-state index in [0.717, 1.165) is 18.1 Å². The zero-order valence-corrected chi connectivity index (χ0v) is 13.2. The summed E-state index contributed by atoms with van der Waals surface area (Å²) in [6.07, 6.45) is 3.05. The zero-order chi connectivity index (χ0) is 15.1. The fraction of sp³-hybridized carbons (Fsp3) is 0.500. The van der Waals surface area contributed by atoms with E-state index in [-0.39, 0.29) is 16.9 Å². The summed E-state index contributed by atoms with van der Waals surface area (Å²) in [4.78, 5) is 4.82. The van der Waals surface area contributed by atoms with Gasteiger partial charge in [0.2, 0.25) is 0 Å². The molecule has 3 nitrogen and oxygen atoms in total. The molecule has 1 heterocycles. The maximum atomic E-state index is 5.96. The number of hydrogen-bond donors (Lipinski definition) is 0. The van der Waals surface area contributed by atoms with Crippen molar-refractivity contribution in [2.24, 2.45) is 10.4 Å². The molecule has 2 atom stereocenters. The molecule has 0 fully saturated rings. The van der Waals surface area contributed by atoms with Gasteiger partial charge in [0.1, 0.15) is 6.61 Å². The summed E-state index contributed by atoms with van der Waals surface area (Å²) in [5.74, 6) is 2.12. The van der Waals surface area contributed by atoms with E-state index in [4.69, 9.17) is 14.5 Å². The Morgan fingerprint density at radius 3 is 2.48 bits per heavy atom. The summed E-state index contributed by atoms with van der Waals surface area (Å²) in [7, 11) is 1.74. The number of hydrogen-bond acceptors (Lipinski definition) is 3. The van der Waals surface area contributed by atoms with Crippen LogP contribution in [-0.4, -0.2) is 25.2 Å². The summed E-state index contributed by atoms with van der Waals surface area (Å²) in [6.45, 7) is 7.11. The lowest BCUT2D eigenvalue weighted by atomic mass is 9.75.